The first kappa shape index (κ1) is 20.6. The Hall–Kier alpha value is -2.71. The fraction of sp³-hybridized carbons (Fsp3) is 0.364. The second-order valence-electron chi connectivity index (χ2n) is 7.57. The molecule has 0 unspecified atom stereocenters. The van der Waals surface area contributed by atoms with E-state index in [2.05, 4.69) is 15.6 Å². The van der Waals surface area contributed by atoms with E-state index < -0.39 is 10.0 Å². The molecule has 8 heteroatoms. The van der Waals surface area contributed by atoms with Crippen molar-refractivity contribution in [2.24, 2.45) is 10.9 Å². The molecule has 30 heavy (non-hydrogen) atoms. The van der Waals surface area contributed by atoms with Crippen molar-refractivity contribution in [2.45, 2.75) is 24.2 Å². The van der Waals surface area contributed by atoms with Gasteiger partial charge in [-0.25, -0.2) is 8.42 Å². The van der Waals surface area contributed by atoms with Crippen LogP contribution in [0.4, 0.5) is 5.69 Å². The minimum absolute atomic E-state index is 0.0624. The van der Waals surface area contributed by atoms with E-state index in [0.717, 1.165) is 36.6 Å². The van der Waals surface area contributed by atoms with Gasteiger partial charge in [-0.15, -0.1) is 0 Å². The number of piperidine rings is 1. The Morgan fingerprint density at radius 1 is 1.03 bits per heavy atom. The highest BCUT2D eigenvalue weighted by atomic mass is 32.2. The van der Waals surface area contributed by atoms with Crippen LogP contribution < -0.4 is 10.6 Å². The molecule has 0 aromatic heterocycles. The topological polar surface area (TPSA) is 90.9 Å². The zero-order valence-electron chi connectivity index (χ0n) is 16.8. The van der Waals surface area contributed by atoms with Crippen LogP contribution in [0.2, 0.25) is 0 Å². The van der Waals surface area contributed by atoms with Crippen LogP contribution in [-0.4, -0.2) is 50.6 Å². The molecule has 2 aromatic rings. The number of benzene rings is 2. The quantitative estimate of drug-likeness (QED) is 0.768. The van der Waals surface area contributed by atoms with E-state index in [0.29, 0.717) is 30.8 Å². The first-order chi connectivity index (χ1) is 14.5. The number of anilines is 1. The number of nitrogens with zero attached hydrogens (tertiary/aromatic N) is 2. The van der Waals surface area contributed by atoms with Gasteiger partial charge in [0.25, 0.3) is 0 Å². The number of carbonyl (C=O) groups is 1. The second kappa shape index (κ2) is 8.97. The summed E-state index contributed by atoms with van der Waals surface area (Å²) >= 11 is 0. The van der Waals surface area contributed by atoms with Crippen LogP contribution in [0.5, 0.6) is 0 Å². The van der Waals surface area contributed by atoms with E-state index in [9.17, 15) is 13.2 Å². The van der Waals surface area contributed by atoms with Gasteiger partial charge in [-0.05, 0) is 55.7 Å². The molecule has 0 aliphatic carbocycles. The molecule has 0 bridgehead atoms. The van der Waals surface area contributed by atoms with Gasteiger partial charge in [0.1, 0.15) is 5.84 Å². The van der Waals surface area contributed by atoms with Crippen molar-refractivity contribution in [1.82, 2.24) is 9.62 Å². The van der Waals surface area contributed by atoms with Crippen LogP contribution in [-0.2, 0) is 14.8 Å². The predicted octanol–water partition coefficient (Wildman–Crippen LogP) is 2.47. The monoisotopic (exact) mass is 426 g/mol. The average molecular weight is 427 g/mol. The van der Waals surface area contributed by atoms with Gasteiger partial charge in [-0.3, -0.25) is 9.79 Å². The number of aliphatic imine (C=N–C) groups is 1. The molecule has 1 fully saturated rings. The first-order valence-electron chi connectivity index (χ1n) is 10.3. The fourth-order valence-corrected chi connectivity index (χ4v) is 5.27. The van der Waals surface area contributed by atoms with E-state index in [1.807, 2.05) is 24.3 Å². The van der Waals surface area contributed by atoms with Gasteiger partial charge in [0.15, 0.2) is 0 Å². The van der Waals surface area contributed by atoms with Crippen LogP contribution in [0.25, 0.3) is 0 Å². The largest absolute Gasteiger partial charge is 0.370 e. The summed E-state index contributed by atoms with van der Waals surface area (Å²) in [5.41, 5.74) is 1.74. The standard InChI is InChI=1S/C22H26N4O3S/c27-22(25-19-9-7-17(8-10-19)21-23-13-4-14-24-21)18-11-15-26(16-12-18)30(28,29)20-5-2-1-3-6-20/h1-3,5-10,18H,4,11-16H2,(H,23,24)(H,25,27). The van der Waals surface area contributed by atoms with Crippen molar-refractivity contribution in [3.63, 3.8) is 0 Å². The number of hydrogen-bond acceptors (Lipinski definition) is 5. The zero-order valence-corrected chi connectivity index (χ0v) is 17.6. The highest BCUT2D eigenvalue weighted by Gasteiger charge is 2.32. The van der Waals surface area contributed by atoms with Crippen molar-refractivity contribution in [2.75, 3.05) is 31.5 Å². The van der Waals surface area contributed by atoms with Gasteiger partial charge in [-0.2, -0.15) is 4.31 Å². The van der Waals surface area contributed by atoms with E-state index in [4.69, 9.17) is 0 Å². The lowest BCUT2D eigenvalue weighted by Crippen LogP contribution is -2.41. The van der Waals surface area contributed by atoms with E-state index >= 15 is 0 Å². The Labute approximate surface area is 177 Å². The van der Waals surface area contributed by atoms with Gasteiger partial charge in [0.2, 0.25) is 15.9 Å². The number of carbonyl (C=O) groups excluding carboxylic acids is 1. The summed E-state index contributed by atoms with van der Waals surface area (Å²) in [5, 5.41) is 6.24. The number of amidine groups is 1. The van der Waals surface area contributed by atoms with Gasteiger partial charge in [-0.1, -0.05) is 18.2 Å². The van der Waals surface area contributed by atoms with Gasteiger partial charge < -0.3 is 10.6 Å². The molecule has 4 rings (SSSR count). The average Bonchev–Trinajstić information content (AvgIpc) is 2.81. The van der Waals surface area contributed by atoms with Crippen molar-refractivity contribution in [3.8, 4) is 0 Å². The molecule has 2 aliphatic rings. The van der Waals surface area contributed by atoms with Crippen molar-refractivity contribution in [3.05, 3.63) is 60.2 Å². The molecule has 7 nitrogen and oxygen atoms in total. The van der Waals surface area contributed by atoms with Crippen LogP contribution >= 0.6 is 0 Å². The molecule has 2 aromatic carbocycles. The van der Waals surface area contributed by atoms with Crippen LogP contribution in [0.15, 0.2) is 64.5 Å². The summed E-state index contributed by atoms with van der Waals surface area (Å²) in [5.74, 6) is 0.634. The smallest absolute Gasteiger partial charge is 0.243 e. The number of sulfonamides is 1. The number of amides is 1. The molecule has 0 spiro atoms. The zero-order chi connectivity index (χ0) is 21.0. The van der Waals surface area contributed by atoms with E-state index in [1.54, 1.807) is 30.3 Å². The summed E-state index contributed by atoms with van der Waals surface area (Å²) < 4.78 is 26.9. The van der Waals surface area contributed by atoms with Gasteiger partial charge >= 0.3 is 0 Å². The molecule has 0 saturated carbocycles. The molecule has 2 N–H and O–H groups in total. The molecule has 2 heterocycles. The molecule has 158 valence electrons. The summed E-state index contributed by atoms with van der Waals surface area (Å²) in [6.07, 6.45) is 2.07. The SMILES string of the molecule is O=C(Nc1ccc(C2=NCCCN2)cc1)C1CCN(S(=O)(=O)c2ccccc2)CC1. The Kier molecular flexibility index (Phi) is 6.15. The Bertz CT molecular complexity index is 1010. The van der Waals surface area contributed by atoms with E-state index in [-0.39, 0.29) is 11.8 Å². The van der Waals surface area contributed by atoms with Crippen LogP contribution in [0, 0.1) is 5.92 Å². The molecular weight excluding hydrogens is 400 g/mol. The molecular formula is C22H26N4O3S. The minimum Gasteiger partial charge on any atom is -0.370 e. The summed E-state index contributed by atoms with van der Waals surface area (Å²) in [4.78, 5) is 17.4. The maximum atomic E-state index is 12.7. The lowest BCUT2D eigenvalue weighted by molar-refractivity contribution is -0.120. The Morgan fingerprint density at radius 2 is 1.73 bits per heavy atom. The Morgan fingerprint density at radius 3 is 2.37 bits per heavy atom. The van der Waals surface area contributed by atoms with E-state index in [1.165, 1.54) is 4.31 Å². The molecule has 0 radical (unpaired) electrons. The fourth-order valence-electron chi connectivity index (χ4n) is 3.78. The van der Waals surface area contributed by atoms with Gasteiger partial charge in [0.05, 0.1) is 4.90 Å². The lowest BCUT2D eigenvalue weighted by Gasteiger charge is -2.30. The van der Waals surface area contributed by atoms with Crippen LogP contribution in [0.1, 0.15) is 24.8 Å². The van der Waals surface area contributed by atoms with Crippen molar-refractivity contribution < 1.29 is 13.2 Å². The molecule has 1 amide bonds. The third kappa shape index (κ3) is 4.55. The third-order valence-corrected chi connectivity index (χ3v) is 7.44. The number of nitrogens with one attached hydrogen (secondary N) is 2. The van der Waals surface area contributed by atoms with Crippen LogP contribution in [0.3, 0.4) is 0 Å². The first-order valence-corrected chi connectivity index (χ1v) is 11.7. The highest BCUT2D eigenvalue weighted by molar-refractivity contribution is 7.89. The van der Waals surface area contributed by atoms with Crippen molar-refractivity contribution in [1.29, 1.82) is 0 Å². The lowest BCUT2D eigenvalue weighted by atomic mass is 9.97. The molecule has 0 atom stereocenters. The summed E-state index contributed by atoms with van der Waals surface area (Å²) in [6.45, 7) is 2.45. The van der Waals surface area contributed by atoms with Gasteiger partial charge in [0, 0.05) is 43.3 Å². The molecule has 1 saturated heterocycles. The summed E-state index contributed by atoms with van der Waals surface area (Å²) in [7, 11) is -3.50. The third-order valence-electron chi connectivity index (χ3n) is 5.53. The number of hydrogen-bond donors (Lipinski definition) is 2. The minimum atomic E-state index is -3.50. The number of rotatable bonds is 5. The highest BCUT2D eigenvalue weighted by Crippen LogP contribution is 2.25. The second-order valence-corrected chi connectivity index (χ2v) is 9.51. The maximum absolute atomic E-state index is 12.7. The predicted molar refractivity (Wildman–Crippen MR) is 117 cm³/mol. The normalized spacial score (nSPS) is 18.3. The Balaban J connectivity index is 1.33. The maximum Gasteiger partial charge on any atom is 0.243 e. The summed E-state index contributed by atoms with van der Waals surface area (Å²) in [6, 6.07) is 16.1. The van der Waals surface area contributed by atoms with Crippen molar-refractivity contribution >= 4 is 27.5 Å². The molecule has 2 aliphatic heterocycles.